The summed E-state index contributed by atoms with van der Waals surface area (Å²) >= 11 is 0. The summed E-state index contributed by atoms with van der Waals surface area (Å²) in [6, 6.07) is 0. The predicted molar refractivity (Wildman–Crippen MR) is 81.5 cm³/mol. The molecule has 0 amide bonds. The molecule has 1 atom stereocenters. The lowest BCUT2D eigenvalue weighted by Crippen LogP contribution is -2.36. The third-order valence-corrected chi connectivity index (χ3v) is 4.07. The van der Waals surface area contributed by atoms with Crippen LogP contribution in [0.3, 0.4) is 0 Å². The molecule has 1 N–H and O–H groups in total. The van der Waals surface area contributed by atoms with Crippen LogP contribution in [0.2, 0.25) is 0 Å². The highest BCUT2D eigenvalue weighted by Crippen LogP contribution is 2.36. The monoisotopic (exact) mass is 286 g/mol. The lowest BCUT2D eigenvalue weighted by Gasteiger charge is -2.29. The van der Waals surface area contributed by atoms with Crippen LogP contribution in [-0.4, -0.2) is 25.4 Å². The predicted octanol–water partition coefficient (Wildman–Crippen LogP) is 4.42. The molecule has 0 aromatic carbocycles. The molecule has 0 aliphatic heterocycles. The molecule has 20 heavy (non-hydrogen) atoms. The van der Waals surface area contributed by atoms with Crippen LogP contribution in [0, 0.1) is 11.8 Å². The Labute approximate surface area is 121 Å². The quantitative estimate of drug-likeness (QED) is 0.332. The van der Waals surface area contributed by atoms with Gasteiger partial charge in [-0.15, -0.1) is 0 Å². The van der Waals surface area contributed by atoms with Crippen LogP contribution in [0.15, 0.2) is 17.1 Å². The average molecular weight is 286 g/mol. The van der Waals surface area contributed by atoms with Gasteiger partial charge in [-0.2, -0.15) is 0 Å². The molecule has 116 valence electrons. The molecule has 0 saturated heterocycles. The fourth-order valence-electron chi connectivity index (χ4n) is 2.47. The first-order valence-electron chi connectivity index (χ1n) is 7.73. The number of nitrogens with one attached hydrogen (secondary N) is 1. The summed E-state index contributed by atoms with van der Waals surface area (Å²) in [6.45, 7) is 5.20. The average Bonchev–Trinajstić information content (AvgIpc) is 2.43. The van der Waals surface area contributed by atoms with Crippen molar-refractivity contribution in [1.82, 2.24) is 5.32 Å². The summed E-state index contributed by atoms with van der Waals surface area (Å²) in [5.74, 6) is -0.764. The molecule has 1 aliphatic rings. The van der Waals surface area contributed by atoms with Crippen LogP contribution < -0.4 is 5.32 Å². The van der Waals surface area contributed by atoms with Gasteiger partial charge < -0.3 is 5.32 Å². The summed E-state index contributed by atoms with van der Waals surface area (Å²) in [4.78, 5) is 4.24. The topological polar surface area (TPSA) is 24.4 Å². The molecule has 2 nitrogen and oxygen atoms in total. The van der Waals surface area contributed by atoms with E-state index in [0.717, 1.165) is 25.2 Å². The molecule has 0 heterocycles. The summed E-state index contributed by atoms with van der Waals surface area (Å²) < 4.78 is 26.3. The lowest BCUT2D eigenvalue weighted by atomic mass is 9.86. The Bertz CT molecular complexity index is 327. The van der Waals surface area contributed by atoms with E-state index in [1.165, 1.54) is 0 Å². The van der Waals surface area contributed by atoms with Gasteiger partial charge in [-0.1, -0.05) is 32.4 Å². The SMILES string of the molecule is CCC(C)/C=C\CCN/C(=N\C)C1CCC(F)(F)CC1. The smallest absolute Gasteiger partial charge is 0.248 e. The number of hydrogen-bond donors (Lipinski definition) is 1. The number of amidine groups is 1. The maximum absolute atomic E-state index is 13.1. The minimum atomic E-state index is -2.46. The highest BCUT2D eigenvalue weighted by molar-refractivity contribution is 5.84. The van der Waals surface area contributed by atoms with Crippen molar-refractivity contribution in [3.63, 3.8) is 0 Å². The molecule has 0 spiro atoms. The molecular weight excluding hydrogens is 258 g/mol. The van der Waals surface area contributed by atoms with Gasteiger partial charge in [0, 0.05) is 32.4 Å². The van der Waals surface area contributed by atoms with E-state index >= 15 is 0 Å². The number of halogens is 2. The molecule has 1 fully saturated rings. The maximum atomic E-state index is 13.1. The molecule has 1 rings (SSSR count). The fourth-order valence-corrected chi connectivity index (χ4v) is 2.47. The second-order valence-corrected chi connectivity index (χ2v) is 5.77. The van der Waals surface area contributed by atoms with Gasteiger partial charge in [0.1, 0.15) is 0 Å². The van der Waals surface area contributed by atoms with Gasteiger partial charge in [-0.05, 0) is 25.2 Å². The molecule has 0 aromatic heterocycles. The van der Waals surface area contributed by atoms with Gasteiger partial charge >= 0.3 is 0 Å². The normalized spacial score (nSPS) is 22.1. The molecule has 4 heteroatoms. The zero-order chi connectivity index (χ0) is 15.0. The zero-order valence-electron chi connectivity index (χ0n) is 13.0. The van der Waals surface area contributed by atoms with E-state index in [9.17, 15) is 8.78 Å². The molecule has 1 unspecified atom stereocenters. The van der Waals surface area contributed by atoms with Crippen molar-refractivity contribution in [3.05, 3.63) is 12.2 Å². The van der Waals surface area contributed by atoms with Crippen molar-refractivity contribution in [2.45, 2.75) is 58.3 Å². The Kier molecular flexibility index (Phi) is 7.17. The third kappa shape index (κ3) is 6.02. The fraction of sp³-hybridized carbons (Fsp3) is 0.812. The minimum absolute atomic E-state index is 0.00765. The van der Waals surface area contributed by atoms with Crippen LogP contribution in [0.1, 0.15) is 52.4 Å². The number of aliphatic imine (C=N–C) groups is 1. The molecule has 1 saturated carbocycles. The number of hydrogen-bond acceptors (Lipinski definition) is 1. The number of nitrogens with zero attached hydrogens (tertiary/aromatic N) is 1. The van der Waals surface area contributed by atoms with Gasteiger partial charge in [0.25, 0.3) is 0 Å². The molecule has 0 bridgehead atoms. The van der Waals surface area contributed by atoms with Crippen LogP contribution in [0.25, 0.3) is 0 Å². The van der Waals surface area contributed by atoms with E-state index in [-0.39, 0.29) is 18.8 Å². The zero-order valence-corrected chi connectivity index (χ0v) is 13.0. The molecule has 1 aliphatic carbocycles. The van der Waals surface area contributed by atoms with E-state index in [2.05, 4.69) is 36.3 Å². The summed E-state index contributed by atoms with van der Waals surface area (Å²) in [5, 5.41) is 3.31. The van der Waals surface area contributed by atoms with E-state index in [1.54, 1.807) is 7.05 Å². The van der Waals surface area contributed by atoms with E-state index in [1.807, 2.05) is 0 Å². The van der Waals surface area contributed by atoms with Crippen molar-refractivity contribution >= 4 is 5.84 Å². The first kappa shape index (κ1) is 17.1. The van der Waals surface area contributed by atoms with E-state index in [4.69, 9.17) is 0 Å². The highest BCUT2D eigenvalue weighted by atomic mass is 19.3. The number of alkyl halides is 2. The Balaban J connectivity index is 2.29. The van der Waals surface area contributed by atoms with E-state index in [0.29, 0.717) is 18.8 Å². The minimum Gasteiger partial charge on any atom is -0.373 e. The summed E-state index contributed by atoms with van der Waals surface area (Å²) in [5.41, 5.74) is 0. The van der Waals surface area contributed by atoms with Gasteiger partial charge in [-0.25, -0.2) is 8.78 Å². The Hall–Kier alpha value is -0.930. The first-order chi connectivity index (χ1) is 9.48. The Morgan fingerprint density at radius 2 is 2.05 bits per heavy atom. The van der Waals surface area contributed by atoms with E-state index < -0.39 is 5.92 Å². The number of rotatable bonds is 6. The standard InChI is InChI=1S/C16H28F2N2/c1-4-13(2)7-5-6-12-20-15(19-3)14-8-10-16(17,18)11-9-14/h5,7,13-14H,4,6,8-12H2,1-3H3,(H,19,20)/b7-5-. The largest absolute Gasteiger partial charge is 0.373 e. The van der Waals surface area contributed by atoms with Gasteiger partial charge in [-0.3, -0.25) is 4.99 Å². The lowest BCUT2D eigenvalue weighted by molar-refractivity contribution is -0.0396. The van der Waals surface area contributed by atoms with Crippen molar-refractivity contribution < 1.29 is 8.78 Å². The van der Waals surface area contributed by atoms with Gasteiger partial charge in [0.2, 0.25) is 5.92 Å². The van der Waals surface area contributed by atoms with Crippen LogP contribution in [0.5, 0.6) is 0 Å². The van der Waals surface area contributed by atoms with Crippen molar-refractivity contribution in [3.8, 4) is 0 Å². The third-order valence-electron chi connectivity index (χ3n) is 4.07. The summed E-state index contributed by atoms with van der Waals surface area (Å²) in [7, 11) is 1.74. The highest BCUT2D eigenvalue weighted by Gasteiger charge is 2.36. The van der Waals surface area contributed by atoms with Crippen molar-refractivity contribution in [1.29, 1.82) is 0 Å². The van der Waals surface area contributed by atoms with Crippen LogP contribution >= 0.6 is 0 Å². The van der Waals surface area contributed by atoms with Crippen LogP contribution in [0.4, 0.5) is 8.78 Å². The van der Waals surface area contributed by atoms with Crippen molar-refractivity contribution in [2.24, 2.45) is 16.8 Å². The van der Waals surface area contributed by atoms with Crippen LogP contribution in [-0.2, 0) is 0 Å². The summed E-state index contributed by atoms with van der Waals surface area (Å²) in [6.07, 6.45) is 7.58. The molecule has 0 aromatic rings. The first-order valence-corrected chi connectivity index (χ1v) is 7.73. The molecule has 0 radical (unpaired) electrons. The second kappa shape index (κ2) is 8.38. The second-order valence-electron chi connectivity index (χ2n) is 5.77. The maximum Gasteiger partial charge on any atom is 0.248 e. The molecular formula is C16H28F2N2. The number of allylic oxidation sites excluding steroid dienone is 1. The Morgan fingerprint density at radius 1 is 1.40 bits per heavy atom. The Morgan fingerprint density at radius 3 is 2.60 bits per heavy atom. The van der Waals surface area contributed by atoms with Gasteiger partial charge in [0.15, 0.2) is 0 Å². The van der Waals surface area contributed by atoms with Gasteiger partial charge in [0.05, 0.1) is 5.84 Å². The van der Waals surface area contributed by atoms with Crippen molar-refractivity contribution in [2.75, 3.05) is 13.6 Å².